The summed E-state index contributed by atoms with van der Waals surface area (Å²) < 4.78 is 35.0. The summed E-state index contributed by atoms with van der Waals surface area (Å²) in [5, 5.41) is 0. The molecule has 0 aliphatic heterocycles. The standard InChI is InChI=1S/C24H28F2O/c1-3-5-17-6-12-20(13-7-17)24-22(25)14-21(15-23(24)26)19-10-8-18(9-11-19)16-27-4-2/h3,8-11,14-15,17,20H,1,4-7,12-13,16H2,2H3. The molecule has 3 heteroatoms. The van der Waals surface area contributed by atoms with E-state index in [-0.39, 0.29) is 11.5 Å². The molecule has 1 fully saturated rings. The van der Waals surface area contributed by atoms with Gasteiger partial charge in [0.15, 0.2) is 0 Å². The van der Waals surface area contributed by atoms with Crippen LogP contribution in [0.5, 0.6) is 0 Å². The van der Waals surface area contributed by atoms with Gasteiger partial charge in [0.1, 0.15) is 11.6 Å². The lowest BCUT2D eigenvalue weighted by molar-refractivity contribution is 0.134. The lowest BCUT2D eigenvalue weighted by Crippen LogP contribution is -2.15. The molecule has 0 atom stereocenters. The molecule has 0 N–H and O–H groups in total. The van der Waals surface area contributed by atoms with Crippen molar-refractivity contribution in [3.63, 3.8) is 0 Å². The van der Waals surface area contributed by atoms with Crippen molar-refractivity contribution in [2.24, 2.45) is 5.92 Å². The Labute approximate surface area is 161 Å². The molecule has 3 rings (SSSR count). The molecule has 0 heterocycles. The topological polar surface area (TPSA) is 9.23 Å². The maximum absolute atomic E-state index is 14.8. The van der Waals surface area contributed by atoms with Crippen LogP contribution in [0.2, 0.25) is 0 Å². The summed E-state index contributed by atoms with van der Waals surface area (Å²) in [6.07, 6.45) is 6.66. The molecule has 1 aliphatic rings. The van der Waals surface area contributed by atoms with Crippen molar-refractivity contribution in [3.05, 3.63) is 71.8 Å². The van der Waals surface area contributed by atoms with Gasteiger partial charge < -0.3 is 4.74 Å². The highest BCUT2D eigenvalue weighted by atomic mass is 19.1. The number of halogens is 2. The SMILES string of the molecule is C=CCC1CCC(c2c(F)cc(-c3ccc(COCC)cc3)cc2F)CC1. The monoisotopic (exact) mass is 370 g/mol. The zero-order valence-corrected chi connectivity index (χ0v) is 16.0. The molecule has 0 unspecified atom stereocenters. The van der Waals surface area contributed by atoms with Crippen molar-refractivity contribution >= 4 is 0 Å². The first-order valence-corrected chi connectivity index (χ1v) is 9.89. The predicted molar refractivity (Wildman–Crippen MR) is 107 cm³/mol. The summed E-state index contributed by atoms with van der Waals surface area (Å²) in [6, 6.07) is 10.6. The second-order valence-corrected chi connectivity index (χ2v) is 7.43. The van der Waals surface area contributed by atoms with Crippen LogP contribution in [0.1, 0.15) is 56.1 Å². The van der Waals surface area contributed by atoms with Gasteiger partial charge in [-0.1, -0.05) is 30.3 Å². The van der Waals surface area contributed by atoms with Gasteiger partial charge in [0.25, 0.3) is 0 Å². The molecule has 27 heavy (non-hydrogen) atoms. The number of hydrogen-bond acceptors (Lipinski definition) is 1. The van der Waals surface area contributed by atoms with Crippen molar-refractivity contribution in [2.45, 2.75) is 51.6 Å². The first kappa shape index (κ1) is 19.8. The van der Waals surface area contributed by atoms with Gasteiger partial charge in [-0.25, -0.2) is 8.78 Å². The average Bonchev–Trinajstić information content (AvgIpc) is 2.68. The molecule has 1 aliphatic carbocycles. The molecular formula is C24H28F2O. The van der Waals surface area contributed by atoms with Crippen LogP contribution in [-0.2, 0) is 11.3 Å². The Morgan fingerprint density at radius 1 is 1.00 bits per heavy atom. The molecular weight excluding hydrogens is 342 g/mol. The van der Waals surface area contributed by atoms with E-state index in [9.17, 15) is 8.78 Å². The Hall–Kier alpha value is -2.00. The summed E-state index contributed by atoms with van der Waals surface area (Å²) in [5.41, 5.74) is 2.71. The Morgan fingerprint density at radius 3 is 2.19 bits per heavy atom. The minimum absolute atomic E-state index is 0.0197. The zero-order chi connectivity index (χ0) is 19.2. The second kappa shape index (κ2) is 9.27. The van der Waals surface area contributed by atoms with Gasteiger partial charge in [-0.05, 0) is 79.7 Å². The quantitative estimate of drug-likeness (QED) is 0.476. The smallest absolute Gasteiger partial charge is 0.130 e. The van der Waals surface area contributed by atoms with E-state index in [0.29, 0.717) is 24.7 Å². The highest BCUT2D eigenvalue weighted by Gasteiger charge is 2.26. The fourth-order valence-electron chi connectivity index (χ4n) is 4.08. The van der Waals surface area contributed by atoms with Gasteiger partial charge in [-0.2, -0.15) is 0 Å². The number of benzene rings is 2. The molecule has 0 saturated heterocycles. The van der Waals surface area contributed by atoms with Crippen molar-refractivity contribution in [1.82, 2.24) is 0 Å². The maximum Gasteiger partial charge on any atom is 0.130 e. The molecule has 0 spiro atoms. The van der Waals surface area contributed by atoms with E-state index in [4.69, 9.17) is 4.74 Å². The van der Waals surface area contributed by atoms with Gasteiger partial charge in [0, 0.05) is 12.2 Å². The number of hydrogen-bond donors (Lipinski definition) is 0. The molecule has 0 radical (unpaired) electrons. The minimum atomic E-state index is -0.421. The van der Waals surface area contributed by atoms with E-state index in [1.54, 1.807) is 0 Å². The number of allylic oxidation sites excluding steroid dienone is 1. The van der Waals surface area contributed by atoms with Crippen LogP contribution in [0.3, 0.4) is 0 Å². The zero-order valence-electron chi connectivity index (χ0n) is 16.0. The van der Waals surface area contributed by atoms with Gasteiger partial charge >= 0.3 is 0 Å². The van der Waals surface area contributed by atoms with Gasteiger partial charge in [0.05, 0.1) is 6.61 Å². The average molecular weight is 370 g/mol. The van der Waals surface area contributed by atoms with Gasteiger partial charge in [-0.3, -0.25) is 0 Å². The Bertz CT molecular complexity index is 735. The summed E-state index contributed by atoms with van der Waals surface area (Å²) in [5.74, 6) is -0.251. The van der Waals surface area contributed by atoms with E-state index >= 15 is 0 Å². The first-order chi connectivity index (χ1) is 13.1. The van der Waals surface area contributed by atoms with E-state index in [2.05, 4.69) is 6.58 Å². The molecule has 0 bridgehead atoms. The molecule has 1 nitrogen and oxygen atoms in total. The van der Waals surface area contributed by atoms with Crippen molar-refractivity contribution in [2.75, 3.05) is 6.61 Å². The third kappa shape index (κ3) is 4.84. The summed E-state index contributed by atoms with van der Waals surface area (Å²) in [7, 11) is 0. The normalized spacial score (nSPS) is 19.8. The predicted octanol–water partition coefficient (Wildman–Crippen LogP) is 7.02. The van der Waals surface area contributed by atoms with Crippen LogP contribution in [0, 0.1) is 17.6 Å². The molecule has 0 aromatic heterocycles. The first-order valence-electron chi connectivity index (χ1n) is 9.89. The van der Waals surface area contributed by atoms with Crippen molar-refractivity contribution in [1.29, 1.82) is 0 Å². The van der Waals surface area contributed by atoms with Gasteiger partial charge in [-0.15, -0.1) is 6.58 Å². The van der Waals surface area contributed by atoms with Crippen molar-refractivity contribution < 1.29 is 13.5 Å². The lowest BCUT2D eigenvalue weighted by atomic mass is 9.77. The van der Waals surface area contributed by atoms with Crippen LogP contribution < -0.4 is 0 Å². The highest BCUT2D eigenvalue weighted by Crippen LogP contribution is 2.40. The van der Waals surface area contributed by atoms with Crippen LogP contribution >= 0.6 is 0 Å². The number of rotatable bonds is 7. The largest absolute Gasteiger partial charge is 0.377 e. The van der Waals surface area contributed by atoms with E-state index < -0.39 is 11.6 Å². The van der Waals surface area contributed by atoms with Crippen molar-refractivity contribution in [3.8, 4) is 11.1 Å². The molecule has 0 amide bonds. The Balaban J connectivity index is 1.76. The maximum atomic E-state index is 14.8. The van der Waals surface area contributed by atoms with Crippen LogP contribution in [0.15, 0.2) is 49.1 Å². The fraction of sp³-hybridized carbons (Fsp3) is 0.417. The third-order valence-electron chi connectivity index (χ3n) is 5.59. The summed E-state index contributed by atoms with van der Waals surface area (Å²) >= 11 is 0. The molecule has 144 valence electrons. The molecule has 2 aromatic carbocycles. The van der Waals surface area contributed by atoms with Gasteiger partial charge in [0.2, 0.25) is 0 Å². The molecule has 1 saturated carbocycles. The van der Waals surface area contributed by atoms with Crippen LogP contribution in [0.4, 0.5) is 8.78 Å². The lowest BCUT2D eigenvalue weighted by Gasteiger charge is -2.28. The van der Waals surface area contributed by atoms with Crippen LogP contribution in [-0.4, -0.2) is 6.61 Å². The highest BCUT2D eigenvalue weighted by molar-refractivity contribution is 5.64. The Morgan fingerprint density at radius 2 is 1.63 bits per heavy atom. The second-order valence-electron chi connectivity index (χ2n) is 7.43. The van der Waals surface area contributed by atoms with E-state index in [1.165, 1.54) is 12.1 Å². The summed E-state index contributed by atoms with van der Waals surface area (Å²) in [4.78, 5) is 0. The fourth-order valence-corrected chi connectivity index (χ4v) is 4.08. The summed E-state index contributed by atoms with van der Waals surface area (Å²) in [6.45, 7) is 6.95. The van der Waals surface area contributed by atoms with E-state index in [1.807, 2.05) is 37.3 Å². The number of ether oxygens (including phenoxy) is 1. The molecule has 2 aromatic rings. The third-order valence-corrected chi connectivity index (χ3v) is 5.59. The van der Waals surface area contributed by atoms with Crippen LogP contribution in [0.25, 0.3) is 11.1 Å². The van der Waals surface area contributed by atoms with E-state index in [0.717, 1.165) is 43.2 Å². The Kier molecular flexibility index (Phi) is 6.78. The minimum Gasteiger partial charge on any atom is -0.377 e.